The van der Waals surface area contributed by atoms with Crippen LogP contribution in [0, 0.1) is 0 Å². The van der Waals surface area contributed by atoms with Crippen molar-refractivity contribution in [2.45, 2.75) is 13.8 Å². The lowest BCUT2D eigenvalue weighted by atomic mass is 10.2. The van der Waals surface area contributed by atoms with E-state index in [0.717, 1.165) is 11.1 Å². The minimum absolute atomic E-state index is 0.991. The molecule has 0 aliphatic carbocycles. The quantitative estimate of drug-likeness (QED) is 0.688. The standard InChI is InChI=1S/C9H7N3.C2H6/c1-2-8(4-10-3-1)9-5-11-7-12-6-9;1-2/h1-7H;1-2H3. The molecule has 2 aromatic rings. The minimum atomic E-state index is 0.991. The van der Waals surface area contributed by atoms with Crippen molar-refractivity contribution in [3.8, 4) is 11.1 Å². The van der Waals surface area contributed by atoms with Crippen molar-refractivity contribution in [3.05, 3.63) is 43.2 Å². The Morgan fingerprint density at radius 2 is 1.50 bits per heavy atom. The molecule has 72 valence electrons. The summed E-state index contributed by atoms with van der Waals surface area (Å²) in [5, 5.41) is 0. The second-order valence-corrected chi connectivity index (χ2v) is 2.37. The largest absolute Gasteiger partial charge is 0.264 e. The summed E-state index contributed by atoms with van der Waals surface area (Å²) >= 11 is 0. The van der Waals surface area contributed by atoms with Crippen LogP contribution in [0.15, 0.2) is 43.2 Å². The molecule has 0 unspecified atom stereocenters. The highest BCUT2D eigenvalue weighted by Gasteiger charge is 1.94. The molecule has 0 saturated carbocycles. The van der Waals surface area contributed by atoms with E-state index in [1.165, 1.54) is 6.33 Å². The third-order valence-corrected chi connectivity index (χ3v) is 1.56. The van der Waals surface area contributed by atoms with Crippen LogP contribution in [0.3, 0.4) is 0 Å². The van der Waals surface area contributed by atoms with Gasteiger partial charge in [0.2, 0.25) is 0 Å². The molecule has 3 nitrogen and oxygen atoms in total. The van der Waals surface area contributed by atoms with E-state index in [1.807, 2.05) is 26.0 Å². The van der Waals surface area contributed by atoms with Crippen LogP contribution in [0.2, 0.25) is 0 Å². The van der Waals surface area contributed by atoms with Crippen LogP contribution in [0.5, 0.6) is 0 Å². The van der Waals surface area contributed by atoms with Gasteiger partial charge in [0.1, 0.15) is 6.33 Å². The van der Waals surface area contributed by atoms with Gasteiger partial charge in [-0.25, -0.2) is 9.97 Å². The molecule has 0 spiro atoms. The van der Waals surface area contributed by atoms with Gasteiger partial charge in [-0.3, -0.25) is 4.98 Å². The van der Waals surface area contributed by atoms with Crippen molar-refractivity contribution in [1.29, 1.82) is 0 Å². The second-order valence-electron chi connectivity index (χ2n) is 2.37. The van der Waals surface area contributed by atoms with Crippen LogP contribution >= 0.6 is 0 Å². The van der Waals surface area contributed by atoms with E-state index < -0.39 is 0 Å². The molecule has 0 aliphatic heterocycles. The van der Waals surface area contributed by atoms with E-state index in [9.17, 15) is 0 Å². The first-order valence-electron chi connectivity index (χ1n) is 4.62. The highest BCUT2D eigenvalue weighted by atomic mass is 14.8. The number of hydrogen-bond acceptors (Lipinski definition) is 3. The second kappa shape index (κ2) is 5.80. The molecule has 0 bridgehead atoms. The van der Waals surface area contributed by atoms with Crippen molar-refractivity contribution >= 4 is 0 Å². The average molecular weight is 187 g/mol. The lowest BCUT2D eigenvalue weighted by Crippen LogP contribution is -1.81. The number of rotatable bonds is 1. The zero-order valence-electron chi connectivity index (χ0n) is 8.38. The van der Waals surface area contributed by atoms with Crippen molar-refractivity contribution < 1.29 is 0 Å². The number of pyridine rings is 1. The van der Waals surface area contributed by atoms with Crippen LogP contribution in [0.1, 0.15) is 13.8 Å². The lowest BCUT2D eigenvalue weighted by Gasteiger charge is -1.96. The van der Waals surface area contributed by atoms with Gasteiger partial charge in [0.05, 0.1) is 0 Å². The predicted molar refractivity (Wildman–Crippen MR) is 56.6 cm³/mol. The molecule has 0 aliphatic rings. The van der Waals surface area contributed by atoms with Gasteiger partial charge in [0.15, 0.2) is 0 Å². The first kappa shape index (κ1) is 10.3. The molecule has 0 aromatic carbocycles. The molecule has 0 radical (unpaired) electrons. The van der Waals surface area contributed by atoms with E-state index in [0.29, 0.717) is 0 Å². The van der Waals surface area contributed by atoms with Gasteiger partial charge in [0.25, 0.3) is 0 Å². The molecular formula is C11H13N3. The number of hydrogen-bond donors (Lipinski definition) is 0. The summed E-state index contributed by atoms with van der Waals surface area (Å²) in [4.78, 5) is 11.8. The summed E-state index contributed by atoms with van der Waals surface area (Å²) in [6.45, 7) is 4.00. The molecule has 14 heavy (non-hydrogen) atoms. The van der Waals surface area contributed by atoms with E-state index in [4.69, 9.17) is 0 Å². The predicted octanol–water partition coefficient (Wildman–Crippen LogP) is 2.56. The molecular weight excluding hydrogens is 174 g/mol. The SMILES string of the molecule is CC.c1cncc(-c2cncnc2)c1. The maximum Gasteiger partial charge on any atom is 0.115 e. The fourth-order valence-corrected chi connectivity index (χ4v) is 0.982. The molecule has 3 heteroatoms. The third-order valence-electron chi connectivity index (χ3n) is 1.56. The van der Waals surface area contributed by atoms with Crippen LogP contribution in [-0.2, 0) is 0 Å². The normalized spacial score (nSPS) is 8.71. The Labute approximate surface area is 83.9 Å². The van der Waals surface area contributed by atoms with Crippen LogP contribution in [0.4, 0.5) is 0 Å². The highest BCUT2D eigenvalue weighted by Crippen LogP contribution is 2.13. The van der Waals surface area contributed by atoms with E-state index in [2.05, 4.69) is 15.0 Å². The summed E-state index contributed by atoms with van der Waals surface area (Å²) in [7, 11) is 0. The van der Waals surface area contributed by atoms with E-state index in [1.54, 1.807) is 24.8 Å². The summed E-state index contributed by atoms with van der Waals surface area (Å²) in [6.07, 6.45) is 8.58. The summed E-state index contributed by atoms with van der Waals surface area (Å²) < 4.78 is 0. The van der Waals surface area contributed by atoms with E-state index >= 15 is 0 Å². The smallest absolute Gasteiger partial charge is 0.115 e. The highest BCUT2D eigenvalue weighted by molar-refractivity contribution is 5.59. The van der Waals surface area contributed by atoms with Crippen molar-refractivity contribution in [3.63, 3.8) is 0 Å². The maximum absolute atomic E-state index is 4.01. The summed E-state index contributed by atoms with van der Waals surface area (Å²) in [5.41, 5.74) is 2.03. The van der Waals surface area contributed by atoms with Crippen LogP contribution in [0.25, 0.3) is 11.1 Å². The molecule has 2 aromatic heterocycles. The first-order valence-corrected chi connectivity index (χ1v) is 4.62. The molecule has 0 N–H and O–H groups in total. The van der Waals surface area contributed by atoms with Gasteiger partial charge in [-0.05, 0) is 6.07 Å². The Balaban J connectivity index is 0.000000461. The summed E-state index contributed by atoms with van der Waals surface area (Å²) in [6, 6.07) is 3.87. The Bertz CT molecular complexity index is 308. The fourth-order valence-electron chi connectivity index (χ4n) is 0.982. The maximum atomic E-state index is 4.01. The van der Waals surface area contributed by atoms with Gasteiger partial charge in [-0.2, -0.15) is 0 Å². The first-order chi connectivity index (χ1) is 6.97. The Morgan fingerprint density at radius 1 is 0.857 bits per heavy atom. The molecule has 0 fully saturated rings. The zero-order valence-corrected chi connectivity index (χ0v) is 8.38. The molecule has 0 atom stereocenters. The average Bonchev–Trinajstić information content (AvgIpc) is 2.34. The fraction of sp³-hybridized carbons (Fsp3) is 0.182. The molecule has 2 heterocycles. The van der Waals surface area contributed by atoms with Crippen molar-refractivity contribution in [2.75, 3.05) is 0 Å². The number of aromatic nitrogens is 3. The molecule has 0 saturated heterocycles. The van der Waals surface area contributed by atoms with Gasteiger partial charge in [-0.1, -0.05) is 19.9 Å². The van der Waals surface area contributed by atoms with Crippen molar-refractivity contribution in [1.82, 2.24) is 15.0 Å². The van der Waals surface area contributed by atoms with Gasteiger partial charge in [0, 0.05) is 35.9 Å². The molecule has 0 amide bonds. The van der Waals surface area contributed by atoms with Crippen molar-refractivity contribution in [2.24, 2.45) is 0 Å². The Hall–Kier alpha value is -1.77. The Kier molecular flexibility index (Phi) is 4.27. The topological polar surface area (TPSA) is 38.7 Å². The van der Waals surface area contributed by atoms with Crippen LogP contribution in [-0.4, -0.2) is 15.0 Å². The van der Waals surface area contributed by atoms with Crippen LogP contribution < -0.4 is 0 Å². The van der Waals surface area contributed by atoms with Gasteiger partial charge in [-0.15, -0.1) is 0 Å². The number of nitrogens with zero attached hydrogens (tertiary/aromatic N) is 3. The molecule has 2 rings (SSSR count). The third kappa shape index (κ3) is 2.62. The minimum Gasteiger partial charge on any atom is -0.264 e. The monoisotopic (exact) mass is 187 g/mol. The lowest BCUT2D eigenvalue weighted by molar-refractivity contribution is 1.17. The summed E-state index contributed by atoms with van der Waals surface area (Å²) in [5.74, 6) is 0. The van der Waals surface area contributed by atoms with Gasteiger partial charge < -0.3 is 0 Å². The van der Waals surface area contributed by atoms with Gasteiger partial charge >= 0.3 is 0 Å². The Morgan fingerprint density at radius 3 is 2.07 bits per heavy atom. The zero-order chi connectivity index (χ0) is 10.2. The van der Waals surface area contributed by atoms with E-state index in [-0.39, 0.29) is 0 Å².